The van der Waals surface area contributed by atoms with Gasteiger partial charge in [-0.1, -0.05) is 42.5 Å². The molecule has 1 atom stereocenters. The van der Waals surface area contributed by atoms with E-state index in [2.05, 4.69) is 34.5 Å². The minimum atomic E-state index is -1.10. The SMILES string of the molecule is CC(O)(CCN1CCNCC1)Oc1ccccc1.c1cc2ccc1=2. The second-order valence-corrected chi connectivity index (χ2v) is 6.51. The van der Waals surface area contributed by atoms with E-state index < -0.39 is 5.79 Å². The molecule has 1 aromatic rings. The number of piperazine rings is 1. The Balaban J connectivity index is 0.000000231. The van der Waals surface area contributed by atoms with Gasteiger partial charge in [0.25, 0.3) is 0 Å². The number of nitrogens with one attached hydrogen (secondary N) is 1. The summed E-state index contributed by atoms with van der Waals surface area (Å²) in [4.78, 5) is 2.35. The van der Waals surface area contributed by atoms with Crippen molar-refractivity contribution in [2.75, 3.05) is 32.7 Å². The summed E-state index contributed by atoms with van der Waals surface area (Å²) in [6.45, 7) is 6.73. The highest BCUT2D eigenvalue weighted by Crippen LogP contribution is 2.19. The molecule has 2 N–H and O–H groups in total. The fourth-order valence-electron chi connectivity index (χ4n) is 2.76. The average Bonchev–Trinajstić information content (AvgIpc) is 2.58. The van der Waals surface area contributed by atoms with Crippen molar-refractivity contribution in [1.82, 2.24) is 10.2 Å². The van der Waals surface area contributed by atoms with Gasteiger partial charge in [0.1, 0.15) is 5.75 Å². The van der Waals surface area contributed by atoms with Crippen LogP contribution in [-0.4, -0.2) is 48.5 Å². The molecular weight excluding hydrogens is 300 g/mol. The number of nitrogens with zero attached hydrogens (tertiary/aromatic N) is 1. The maximum Gasteiger partial charge on any atom is 0.206 e. The van der Waals surface area contributed by atoms with Gasteiger partial charge < -0.3 is 20.1 Å². The van der Waals surface area contributed by atoms with Gasteiger partial charge in [-0.3, -0.25) is 0 Å². The molecule has 0 bridgehead atoms. The summed E-state index contributed by atoms with van der Waals surface area (Å²) in [5, 5.41) is 16.4. The average molecular weight is 326 g/mol. The van der Waals surface area contributed by atoms with Crippen molar-refractivity contribution in [3.05, 3.63) is 65.0 Å². The highest BCUT2D eigenvalue weighted by Gasteiger charge is 2.23. The van der Waals surface area contributed by atoms with Crippen LogP contribution in [0.1, 0.15) is 13.3 Å². The maximum atomic E-state index is 10.2. The molecule has 1 fully saturated rings. The molecule has 0 amide bonds. The second kappa shape index (κ2) is 7.79. The van der Waals surface area contributed by atoms with E-state index in [9.17, 15) is 5.11 Å². The quantitative estimate of drug-likeness (QED) is 0.707. The van der Waals surface area contributed by atoms with E-state index in [0.717, 1.165) is 32.7 Å². The Morgan fingerprint density at radius 1 is 1.00 bits per heavy atom. The van der Waals surface area contributed by atoms with Crippen LogP contribution in [-0.2, 0) is 0 Å². The normalized spacial score (nSPS) is 18.1. The third kappa shape index (κ3) is 4.81. The van der Waals surface area contributed by atoms with Crippen LogP contribution in [0.3, 0.4) is 0 Å². The number of para-hydroxylation sites is 1. The molecule has 4 rings (SSSR count). The predicted octanol–water partition coefficient (Wildman–Crippen LogP) is 2.36. The van der Waals surface area contributed by atoms with E-state index in [1.54, 1.807) is 6.92 Å². The molecule has 4 heteroatoms. The Morgan fingerprint density at radius 3 is 2.08 bits per heavy atom. The first kappa shape index (κ1) is 17.0. The molecule has 0 radical (unpaired) electrons. The molecule has 24 heavy (non-hydrogen) atoms. The van der Waals surface area contributed by atoms with Crippen molar-refractivity contribution in [2.45, 2.75) is 19.1 Å². The van der Waals surface area contributed by atoms with Crippen molar-refractivity contribution in [3.63, 3.8) is 0 Å². The Bertz CT molecular complexity index is 675. The van der Waals surface area contributed by atoms with Crippen LogP contribution in [0.4, 0.5) is 0 Å². The summed E-state index contributed by atoms with van der Waals surface area (Å²) in [5.74, 6) is -0.394. The molecule has 128 valence electrons. The fraction of sp³-hybridized carbons (Fsp3) is 0.400. The van der Waals surface area contributed by atoms with Gasteiger partial charge in [0.2, 0.25) is 5.79 Å². The highest BCUT2D eigenvalue weighted by molar-refractivity contribution is 5.22. The molecule has 3 aliphatic rings. The second-order valence-electron chi connectivity index (χ2n) is 6.51. The summed E-state index contributed by atoms with van der Waals surface area (Å²) in [6, 6.07) is 17.9. The Hall–Kier alpha value is -1.88. The first-order valence-electron chi connectivity index (χ1n) is 8.62. The largest absolute Gasteiger partial charge is 0.463 e. The van der Waals surface area contributed by atoms with E-state index in [0.29, 0.717) is 12.2 Å². The summed E-state index contributed by atoms with van der Waals surface area (Å²) in [6.07, 6.45) is 0.613. The molecule has 0 aromatic heterocycles. The van der Waals surface area contributed by atoms with Crippen LogP contribution in [0.2, 0.25) is 0 Å². The Kier molecular flexibility index (Phi) is 5.51. The molecular formula is C20H26N2O2. The Morgan fingerprint density at radius 2 is 1.58 bits per heavy atom. The fourth-order valence-corrected chi connectivity index (χ4v) is 2.76. The summed E-state index contributed by atoms with van der Waals surface area (Å²) in [7, 11) is 0. The molecule has 4 nitrogen and oxygen atoms in total. The molecule has 2 aliphatic carbocycles. The number of ether oxygens (including phenoxy) is 1. The topological polar surface area (TPSA) is 44.7 Å². The predicted molar refractivity (Wildman–Crippen MR) is 95.7 cm³/mol. The van der Waals surface area contributed by atoms with Crippen molar-refractivity contribution >= 4 is 0 Å². The molecule has 1 heterocycles. The molecule has 0 spiro atoms. The van der Waals surface area contributed by atoms with Gasteiger partial charge in [0, 0.05) is 46.1 Å². The lowest BCUT2D eigenvalue weighted by Crippen LogP contribution is -2.46. The van der Waals surface area contributed by atoms with Crippen LogP contribution in [0, 0.1) is 10.4 Å². The van der Waals surface area contributed by atoms with Gasteiger partial charge >= 0.3 is 0 Å². The van der Waals surface area contributed by atoms with E-state index in [4.69, 9.17) is 4.74 Å². The Labute approximate surface area is 143 Å². The van der Waals surface area contributed by atoms with Gasteiger partial charge in [-0.2, -0.15) is 0 Å². The smallest absolute Gasteiger partial charge is 0.206 e. The number of aliphatic hydroxyl groups is 1. The van der Waals surface area contributed by atoms with Crippen LogP contribution in [0.5, 0.6) is 5.75 Å². The molecule has 1 aromatic carbocycles. The monoisotopic (exact) mass is 326 g/mol. The van der Waals surface area contributed by atoms with Gasteiger partial charge in [-0.25, -0.2) is 0 Å². The highest BCUT2D eigenvalue weighted by atomic mass is 16.6. The van der Waals surface area contributed by atoms with E-state index >= 15 is 0 Å². The minimum Gasteiger partial charge on any atom is -0.463 e. The van der Waals surface area contributed by atoms with Crippen molar-refractivity contribution in [3.8, 4) is 5.75 Å². The zero-order chi connectivity index (χ0) is 16.8. The summed E-state index contributed by atoms with van der Waals surface area (Å²) < 4.78 is 5.61. The zero-order valence-electron chi connectivity index (χ0n) is 14.2. The third-order valence-electron chi connectivity index (χ3n) is 4.40. The number of benzene rings is 2. The summed E-state index contributed by atoms with van der Waals surface area (Å²) in [5.41, 5.74) is 0. The van der Waals surface area contributed by atoms with Crippen LogP contribution in [0.15, 0.2) is 54.6 Å². The number of hydrogen-bond donors (Lipinski definition) is 2. The van der Waals surface area contributed by atoms with Crippen molar-refractivity contribution in [1.29, 1.82) is 0 Å². The molecule has 1 aliphatic heterocycles. The van der Waals surface area contributed by atoms with Crippen LogP contribution in [0.25, 0.3) is 0 Å². The van der Waals surface area contributed by atoms with Crippen molar-refractivity contribution in [2.24, 2.45) is 0 Å². The van der Waals surface area contributed by atoms with Gasteiger partial charge in [0.05, 0.1) is 0 Å². The first-order valence-corrected chi connectivity index (χ1v) is 8.62. The molecule has 1 saturated heterocycles. The summed E-state index contributed by atoms with van der Waals surface area (Å²) >= 11 is 0. The molecule has 0 saturated carbocycles. The lowest BCUT2D eigenvalue weighted by atomic mass is 10.1. The van der Waals surface area contributed by atoms with E-state index in [1.807, 2.05) is 30.3 Å². The van der Waals surface area contributed by atoms with Crippen LogP contribution < -0.4 is 10.1 Å². The van der Waals surface area contributed by atoms with Gasteiger partial charge in [-0.05, 0) is 22.6 Å². The zero-order valence-corrected chi connectivity index (χ0v) is 14.2. The van der Waals surface area contributed by atoms with Gasteiger partial charge in [0.15, 0.2) is 0 Å². The molecule has 1 unspecified atom stereocenters. The first-order chi connectivity index (χ1) is 11.6. The minimum absolute atomic E-state index is 0.613. The number of rotatable bonds is 5. The van der Waals surface area contributed by atoms with E-state index in [-0.39, 0.29) is 0 Å². The standard InChI is InChI=1S/C14H22N2O2.C6H4/c1-14(17,18-13-5-3-2-4-6-13)7-10-16-11-8-15-9-12-16;1-2-6-4-3-5(1)6/h2-6,15,17H,7-12H2,1H3;1-4H. The van der Waals surface area contributed by atoms with Gasteiger partial charge in [-0.15, -0.1) is 0 Å². The number of hydrogen-bond acceptors (Lipinski definition) is 4. The van der Waals surface area contributed by atoms with Crippen molar-refractivity contribution < 1.29 is 9.84 Å². The lowest BCUT2D eigenvalue weighted by molar-refractivity contribution is -0.130. The van der Waals surface area contributed by atoms with E-state index in [1.165, 1.54) is 10.4 Å². The lowest BCUT2D eigenvalue weighted by Gasteiger charge is -2.31. The van der Waals surface area contributed by atoms with Crippen LogP contribution >= 0.6 is 0 Å². The third-order valence-corrected chi connectivity index (χ3v) is 4.40. The maximum absolute atomic E-state index is 10.2.